The van der Waals surface area contributed by atoms with Crippen molar-refractivity contribution in [3.63, 3.8) is 0 Å². The van der Waals surface area contributed by atoms with Gasteiger partial charge in [-0.3, -0.25) is 9.59 Å². The molecule has 0 aliphatic carbocycles. The second-order valence-electron chi connectivity index (χ2n) is 5.75. The Labute approximate surface area is 120 Å². The summed E-state index contributed by atoms with van der Waals surface area (Å²) < 4.78 is 10.8. The fourth-order valence-corrected chi connectivity index (χ4v) is 2.36. The van der Waals surface area contributed by atoms with Gasteiger partial charge in [0.25, 0.3) is 0 Å². The maximum Gasteiger partial charge on any atom is 0.303 e. The van der Waals surface area contributed by atoms with Gasteiger partial charge < -0.3 is 9.47 Å². The van der Waals surface area contributed by atoms with E-state index in [1.54, 1.807) is 0 Å². The number of hydrogen-bond donors (Lipinski definition) is 0. The zero-order chi connectivity index (χ0) is 15.6. The highest BCUT2D eigenvalue weighted by Gasteiger charge is 2.34. The lowest BCUT2D eigenvalue weighted by molar-refractivity contribution is -0.158. The molecular formula is C16H22O4. The molecule has 1 aromatic rings. The molecule has 4 nitrogen and oxygen atoms in total. The molecule has 0 N–H and O–H groups in total. The second-order valence-corrected chi connectivity index (χ2v) is 5.75. The molecule has 0 saturated heterocycles. The highest BCUT2D eigenvalue weighted by molar-refractivity contribution is 5.67. The van der Waals surface area contributed by atoms with E-state index in [1.807, 2.05) is 52.0 Å². The molecule has 0 saturated carbocycles. The summed E-state index contributed by atoms with van der Waals surface area (Å²) in [6.07, 6.45) is 0. The summed E-state index contributed by atoms with van der Waals surface area (Å²) in [7, 11) is 0. The number of carbonyl (C=O) groups is 2. The topological polar surface area (TPSA) is 52.6 Å². The number of rotatable bonds is 4. The standard InChI is InChI=1S/C16H22O4/c1-11(17)19-15(3,4)13-9-7-8-10-14(13)16(5,6)20-12(2)18/h7-10H,1-6H3. The van der Waals surface area contributed by atoms with Crippen molar-refractivity contribution in [2.24, 2.45) is 0 Å². The fourth-order valence-electron chi connectivity index (χ4n) is 2.36. The Bertz CT molecular complexity index is 468. The Kier molecular flexibility index (Phi) is 4.58. The molecule has 0 spiro atoms. The van der Waals surface area contributed by atoms with E-state index in [1.165, 1.54) is 13.8 Å². The number of esters is 2. The minimum atomic E-state index is -0.792. The molecule has 110 valence electrons. The largest absolute Gasteiger partial charge is 0.455 e. The molecule has 1 aromatic carbocycles. The molecule has 0 unspecified atom stereocenters. The smallest absolute Gasteiger partial charge is 0.303 e. The number of carbonyl (C=O) groups excluding carboxylic acids is 2. The van der Waals surface area contributed by atoms with Crippen molar-refractivity contribution in [3.8, 4) is 0 Å². The molecule has 1 rings (SSSR count). The zero-order valence-corrected chi connectivity index (χ0v) is 12.9. The van der Waals surface area contributed by atoms with Crippen LogP contribution in [0.4, 0.5) is 0 Å². The van der Waals surface area contributed by atoms with Gasteiger partial charge in [-0.15, -0.1) is 0 Å². The van der Waals surface area contributed by atoms with Gasteiger partial charge in [0.15, 0.2) is 0 Å². The summed E-state index contributed by atoms with van der Waals surface area (Å²) in [5, 5.41) is 0. The van der Waals surface area contributed by atoms with Crippen molar-refractivity contribution >= 4 is 11.9 Å². The van der Waals surface area contributed by atoms with E-state index < -0.39 is 11.2 Å². The SMILES string of the molecule is CC(=O)OC(C)(C)c1ccccc1C(C)(C)OC(C)=O. The normalized spacial score (nSPS) is 11.9. The monoisotopic (exact) mass is 278 g/mol. The Morgan fingerprint density at radius 2 is 1.10 bits per heavy atom. The van der Waals surface area contributed by atoms with Crippen LogP contribution < -0.4 is 0 Å². The van der Waals surface area contributed by atoms with Crippen LogP contribution in [0.5, 0.6) is 0 Å². The van der Waals surface area contributed by atoms with Gasteiger partial charge in [-0.1, -0.05) is 24.3 Å². The molecule has 0 amide bonds. The quantitative estimate of drug-likeness (QED) is 0.793. The number of benzene rings is 1. The van der Waals surface area contributed by atoms with E-state index >= 15 is 0 Å². The van der Waals surface area contributed by atoms with E-state index in [0.29, 0.717) is 0 Å². The Hall–Kier alpha value is -1.84. The van der Waals surface area contributed by atoms with Gasteiger partial charge in [-0.2, -0.15) is 0 Å². The molecule has 20 heavy (non-hydrogen) atoms. The first kappa shape index (κ1) is 16.2. The molecular weight excluding hydrogens is 256 g/mol. The van der Waals surface area contributed by atoms with Gasteiger partial charge in [-0.05, 0) is 27.7 Å². The first-order chi connectivity index (χ1) is 9.06. The van der Waals surface area contributed by atoms with Crippen LogP contribution in [0.25, 0.3) is 0 Å². The number of ether oxygens (including phenoxy) is 2. The first-order valence-electron chi connectivity index (χ1n) is 6.55. The van der Waals surface area contributed by atoms with Crippen molar-refractivity contribution in [1.82, 2.24) is 0 Å². The van der Waals surface area contributed by atoms with E-state index in [-0.39, 0.29) is 11.9 Å². The molecule has 0 fully saturated rings. The van der Waals surface area contributed by atoms with Crippen LogP contribution in [-0.2, 0) is 30.3 Å². The summed E-state index contributed by atoms with van der Waals surface area (Å²) in [4.78, 5) is 22.5. The van der Waals surface area contributed by atoms with Crippen LogP contribution in [-0.4, -0.2) is 11.9 Å². The van der Waals surface area contributed by atoms with Crippen molar-refractivity contribution in [2.45, 2.75) is 52.7 Å². The average molecular weight is 278 g/mol. The minimum absolute atomic E-state index is 0.352. The maximum absolute atomic E-state index is 11.3. The van der Waals surface area contributed by atoms with Crippen LogP contribution in [0.1, 0.15) is 52.7 Å². The van der Waals surface area contributed by atoms with Crippen LogP contribution in [0, 0.1) is 0 Å². The van der Waals surface area contributed by atoms with Crippen molar-refractivity contribution in [2.75, 3.05) is 0 Å². The van der Waals surface area contributed by atoms with Crippen molar-refractivity contribution in [1.29, 1.82) is 0 Å². The van der Waals surface area contributed by atoms with E-state index in [0.717, 1.165) is 11.1 Å². The summed E-state index contributed by atoms with van der Waals surface area (Å²) in [6, 6.07) is 7.49. The number of hydrogen-bond acceptors (Lipinski definition) is 4. The average Bonchev–Trinajstić information content (AvgIpc) is 2.25. The lowest BCUT2D eigenvalue weighted by Gasteiger charge is -2.33. The fraction of sp³-hybridized carbons (Fsp3) is 0.500. The van der Waals surface area contributed by atoms with Gasteiger partial charge in [0.05, 0.1) is 0 Å². The molecule has 0 aliphatic heterocycles. The lowest BCUT2D eigenvalue weighted by Crippen LogP contribution is -2.32. The zero-order valence-electron chi connectivity index (χ0n) is 12.9. The molecule has 0 radical (unpaired) electrons. The van der Waals surface area contributed by atoms with Gasteiger partial charge in [-0.25, -0.2) is 0 Å². The molecule has 0 bridgehead atoms. The summed E-state index contributed by atoms with van der Waals surface area (Å²) in [5.41, 5.74) is 0.0579. The predicted molar refractivity (Wildman–Crippen MR) is 76.0 cm³/mol. The first-order valence-corrected chi connectivity index (χ1v) is 6.55. The second kappa shape index (κ2) is 5.65. The molecule has 0 aliphatic rings. The van der Waals surface area contributed by atoms with Crippen LogP contribution in [0.15, 0.2) is 24.3 Å². The third-order valence-electron chi connectivity index (χ3n) is 3.02. The van der Waals surface area contributed by atoms with Gasteiger partial charge in [0, 0.05) is 25.0 Å². The van der Waals surface area contributed by atoms with E-state index in [4.69, 9.17) is 9.47 Å². The predicted octanol–water partition coefficient (Wildman–Crippen LogP) is 3.28. The Morgan fingerprint density at radius 1 is 0.800 bits per heavy atom. The maximum atomic E-state index is 11.3. The van der Waals surface area contributed by atoms with Crippen LogP contribution in [0.3, 0.4) is 0 Å². The third kappa shape index (κ3) is 3.83. The Balaban J connectivity index is 3.30. The van der Waals surface area contributed by atoms with Gasteiger partial charge in [0.2, 0.25) is 0 Å². The third-order valence-corrected chi connectivity index (χ3v) is 3.02. The minimum Gasteiger partial charge on any atom is -0.455 e. The van der Waals surface area contributed by atoms with E-state index in [2.05, 4.69) is 0 Å². The summed E-state index contributed by atoms with van der Waals surface area (Å²) >= 11 is 0. The van der Waals surface area contributed by atoms with Gasteiger partial charge >= 0.3 is 11.9 Å². The lowest BCUT2D eigenvalue weighted by atomic mass is 9.85. The van der Waals surface area contributed by atoms with Crippen molar-refractivity contribution < 1.29 is 19.1 Å². The van der Waals surface area contributed by atoms with E-state index in [9.17, 15) is 9.59 Å². The molecule has 0 heterocycles. The molecule has 4 heteroatoms. The summed E-state index contributed by atoms with van der Waals surface area (Å²) in [5.74, 6) is -0.704. The molecule has 0 aromatic heterocycles. The molecule has 0 atom stereocenters. The van der Waals surface area contributed by atoms with Gasteiger partial charge in [0.1, 0.15) is 11.2 Å². The van der Waals surface area contributed by atoms with Crippen LogP contribution in [0.2, 0.25) is 0 Å². The van der Waals surface area contributed by atoms with Crippen LogP contribution >= 0.6 is 0 Å². The highest BCUT2D eigenvalue weighted by Crippen LogP contribution is 2.35. The van der Waals surface area contributed by atoms with Crippen molar-refractivity contribution in [3.05, 3.63) is 35.4 Å². The Morgan fingerprint density at radius 3 is 1.35 bits per heavy atom. The highest BCUT2D eigenvalue weighted by atomic mass is 16.6. The summed E-state index contributed by atoms with van der Waals surface area (Å²) in [6.45, 7) is 10.0.